The highest BCUT2D eigenvalue weighted by atomic mass is 16.5. The molecule has 0 saturated carbocycles. The summed E-state index contributed by atoms with van der Waals surface area (Å²) >= 11 is 0. The molecule has 0 aromatic heterocycles. The van der Waals surface area contributed by atoms with Crippen molar-refractivity contribution in [1.82, 2.24) is 5.32 Å². The van der Waals surface area contributed by atoms with Crippen molar-refractivity contribution in [2.24, 2.45) is 0 Å². The van der Waals surface area contributed by atoms with Crippen LogP contribution in [0.4, 0.5) is 5.69 Å². The van der Waals surface area contributed by atoms with Crippen LogP contribution in [-0.2, 0) is 25.5 Å². The Balaban J connectivity index is 1.58. The highest BCUT2D eigenvalue weighted by molar-refractivity contribution is 5.95. The van der Waals surface area contributed by atoms with Crippen molar-refractivity contribution in [2.75, 3.05) is 32.2 Å². The highest BCUT2D eigenvalue weighted by Crippen LogP contribution is 2.11. The Bertz CT molecular complexity index is 822. The van der Waals surface area contributed by atoms with E-state index in [-0.39, 0.29) is 30.6 Å². The molecule has 2 rings (SSSR count). The van der Waals surface area contributed by atoms with E-state index >= 15 is 0 Å². The van der Waals surface area contributed by atoms with Gasteiger partial charge in [0, 0.05) is 37.7 Å². The third kappa shape index (κ3) is 9.91. The van der Waals surface area contributed by atoms with Crippen LogP contribution < -0.4 is 10.6 Å². The molecular weight excluding hydrogens is 396 g/mol. The summed E-state index contributed by atoms with van der Waals surface area (Å²) in [5.74, 6) is -0.670. The summed E-state index contributed by atoms with van der Waals surface area (Å²) in [6.07, 6.45) is 2.49. The van der Waals surface area contributed by atoms with Gasteiger partial charge in [-0.15, -0.1) is 0 Å². The molecule has 7 nitrogen and oxygen atoms in total. The number of carbonyl (C=O) groups is 3. The maximum atomic E-state index is 12.0. The van der Waals surface area contributed by atoms with Gasteiger partial charge in [0.25, 0.3) is 5.91 Å². The lowest BCUT2D eigenvalue weighted by Gasteiger charge is -2.08. The van der Waals surface area contributed by atoms with Gasteiger partial charge in [-0.05, 0) is 49.1 Å². The van der Waals surface area contributed by atoms with E-state index < -0.39 is 0 Å². The van der Waals surface area contributed by atoms with Crippen molar-refractivity contribution in [3.63, 3.8) is 0 Å². The van der Waals surface area contributed by atoms with Gasteiger partial charge in [0.15, 0.2) is 0 Å². The molecule has 0 radical (unpaired) electrons. The summed E-state index contributed by atoms with van der Waals surface area (Å²) < 4.78 is 10.1. The lowest BCUT2D eigenvalue weighted by Crippen LogP contribution is -2.26. The summed E-state index contributed by atoms with van der Waals surface area (Å²) in [4.78, 5) is 35.8. The van der Waals surface area contributed by atoms with E-state index in [1.165, 1.54) is 5.56 Å². The average Bonchev–Trinajstić information content (AvgIpc) is 2.78. The highest BCUT2D eigenvalue weighted by Gasteiger charge is 2.08. The van der Waals surface area contributed by atoms with Crippen molar-refractivity contribution in [3.05, 3.63) is 65.7 Å². The molecule has 0 spiro atoms. The largest absolute Gasteiger partial charge is 0.466 e. The zero-order valence-electron chi connectivity index (χ0n) is 17.9. The van der Waals surface area contributed by atoms with Gasteiger partial charge in [-0.2, -0.15) is 0 Å². The fourth-order valence-corrected chi connectivity index (χ4v) is 2.87. The van der Waals surface area contributed by atoms with Crippen molar-refractivity contribution in [2.45, 2.75) is 32.1 Å². The van der Waals surface area contributed by atoms with E-state index in [0.29, 0.717) is 37.4 Å². The summed E-state index contributed by atoms with van der Waals surface area (Å²) in [5.41, 5.74) is 2.32. The molecule has 0 fully saturated rings. The Kier molecular flexibility index (Phi) is 10.8. The Labute approximate surface area is 183 Å². The predicted octanol–water partition coefficient (Wildman–Crippen LogP) is 3.35. The SMILES string of the molecule is COCCNC(=O)c1ccc(NC(=O)CCCC(=O)OCCCc2ccccc2)cc1. The zero-order valence-corrected chi connectivity index (χ0v) is 17.9. The van der Waals surface area contributed by atoms with E-state index in [1.54, 1.807) is 31.4 Å². The molecule has 0 atom stereocenters. The smallest absolute Gasteiger partial charge is 0.305 e. The monoisotopic (exact) mass is 426 g/mol. The number of carbonyl (C=O) groups excluding carboxylic acids is 3. The number of methoxy groups -OCH3 is 1. The standard InChI is InChI=1S/C24H30N2O5/c1-30-18-16-25-24(29)20-12-14-21(15-13-20)26-22(27)10-5-11-23(28)31-17-6-9-19-7-3-2-4-8-19/h2-4,7-8,12-15H,5-6,9-11,16-18H2,1H3,(H,25,29)(H,26,27). The summed E-state index contributed by atoms with van der Waals surface area (Å²) in [6, 6.07) is 16.7. The fraction of sp³-hybridized carbons (Fsp3) is 0.375. The molecule has 0 aliphatic carbocycles. The van der Waals surface area contributed by atoms with Crippen molar-refractivity contribution in [1.29, 1.82) is 0 Å². The minimum Gasteiger partial charge on any atom is -0.466 e. The molecule has 0 bridgehead atoms. The first-order valence-electron chi connectivity index (χ1n) is 10.4. The maximum absolute atomic E-state index is 12.0. The van der Waals surface area contributed by atoms with Crippen LogP contribution in [0.1, 0.15) is 41.6 Å². The van der Waals surface area contributed by atoms with Crippen LogP contribution in [0.3, 0.4) is 0 Å². The van der Waals surface area contributed by atoms with E-state index in [4.69, 9.17) is 9.47 Å². The van der Waals surface area contributed by atoms with E-state index in [2.05, 4.69) is 10.6 Å². The molecule has 2 aromatic carbocycles. The van der Waals surface area contributed by atoms with Gasteiger partial charge < -0.3 is 20.1 Å². The number of hydrogen-bond acceptors (Lipinski definition) is 5. The Morgan fingerprint density at radius 2 is 1.61 bits per heavy atom. The predicted molar refractivity (Wildman–Crippen MR) is 119 cm³/mol. The van der Waals surface area contributed by atoms with E-state index in [1.807, 2.05) is 30.3 Å². The molecular formula is C24H30N2O5. The van der Waals surface area contributed by atoms with Crippen LogP contribution in [0.2, 0.25) is 0 Å². The Morgan fingerprint density at radius 1 is 0.871 bits per heavy atom. The third-order valence-corrected chi connectivity index (χ3v) is 4.52. The molecule has 0 aliphatic heterocycles. The quantitative estimate of drug-likeness (QED) is 0.378. The van der Waals surface area contributed by atoms with Crippen LogP contribution in [0.15, 0.2) is 54.6 Å². The molecule has 2 N–H and O–H groups in total. The second kappa shape index (κ2) is 13.9. The third-order valence-electron chi connectivity index (χ3n) is 4.52. The number of nitrogens with one attached hydrogen (secondary N) is 2. The molecule has 0 unspecified atom stereocenters. The summed E-state index contributed by atoms with van der Waals surface area (Å²) in [7, 11) is 1.57. The lowest BCUT2D eigenvalue weighted by atomic mass is 10.1. The normalized spacial score (nSPS) is 10.4. The number of esters is 1. The van der Waals surface area contributed by atoms with Crippen LogP contribution in [0.25, 0.3) is 0 Å². The molecule has 0 heterocycles. The molecule has 0 aliphatic rings. The molecule has 0 saturated heterocycles. The van der Waals surface area contributed by atoms with Crippen molar-refractivity contribution in [3.8, 4) is 0 Å². The van der Waals surface area contributed by atoms with Gasteiger partial charge in [0.1, 0.15) is 0 Å². The second-order valence-electron chi connectivity index (χ2n) is 7.04. The number of rotatable bonds is 13. The molecule has 2 aromatic rings. The Morgan fingerprint density at radius 3 is 2.32 bits per heavy atom. The first-order valence-corrected chi connectivity index (χ1v) is 10.4. The molecule has 166 valence electrons. The molecule has 7 heteroatoms. The fourth-order valence-electron chi connectivity index (χ4n) is 2.87. The van der Waals surface area contributed by atoms with Gasteiger partial charge in [-0.3, -0.25) is 14.4 Å². The van der Waals surface area contributed by atoms with Gasteiger partial charge in [-0.25, -0.2) is 0 Å². The topological polar surface area (TPSA) is 93.7 Å². The lowest BCUT2D eigenvalue weighted by molar-refractivity contribution is -0.143. The minimum absolute atomic E-state index is 0.186. The number of hydrogen-bond donors (Lipinski definition) is 2. The zero-order chi connectivity index (χ0) is 22.3. The Hall–Kier alpha value is -3.19. The first-order chi connectivity index (χ1) is 15.1. The summed E-state index contributed by atoms with van der Waals surface area (Å²) in [5, 5.41) is 5.49. The van der Waals surface area contributed by atoms with Crippen molar-refractivity contribution < 1.29 is 23.9 Å². The van der Waals surface area contributed by atoms with Crippen LogP contribution in [0.5, 0.6) is 0 Å². The first kappa shape index (κ1) is 24.1. The number of ether oxygens (including phenoxy) is 2. The van der Waals surface area contributed by atoms with Crippen molar-refractivity contribution >= 4 is 23.5 Å². The van der Waals surface area contributed by atoms with Gasteiger partial charge in [0.05, 0.1) is 13.2 Å². The van der Waals surface area contributed by atoms with Crippen LogP contribution in [0, 0.1) is 0 Å². The van der Waals surface area contributed by atoms with Crippen LogP contribution in [-0.4, -0.2) is 44.7 Å². The van der Waals surface area contributed by atoms with Gasteiger partial charge >= 0.3 is 5.97 Å². The van der Waals surface area contributed by atoms with E-state index in [9.17, 15) is 14.4 Å². The minimum atomic E-state index is -0.287. The molecule has 31 heavy (non-hydrogen) atoms. The van der Waals surface area contributed by atoms with E-state index in [0.717, 1.165) is 12.8 Å². The maximum Gasteiger partial charge on any atom is 0.305 e. The van der Waals surface area contributed by atoms with Gasteiger partial charge in [0.2, 0.25) is 5.91 Å². The number of benzene rings is 2. The number of anilines is 1. The average molecular weight is 427 g/mol. The number of amides is 2. The summed E-state index contributed by atoms with van der Waals surface area (Å²) in [6.45, 7) is 1.26. The van der Waals surface area contributed by atoms with Crippen LogP contribution >= 0.6 is 0 Å². The molecule has 2 amide bonds. The second-order valence-corrected chi connectivity index (χ2v) is 7.04. The van der Waals surface area contributed by atoms with Gasteiger partial charge in [-0.1, -0.05) is 30.3 Å². The number of aryl methyl sites for hydroxylation is 1.